The van der Waals surface area contributed by atoms with Gasteiger partial charge in [-0.15, -0.1) is 0 Å². The number of hydrogen-bond donors (Lipinski definition) is 0. The molecule has 0 spiro atoms. The Morgan fingerprint density at radius 2 is 2.25 bits per heavy atom. The molecule has 84 valence electrons. The maximum atomic E-state index is 10.6. The zero-order chi connectivity index (χ0) is 11.7. The summed E-state index contributed by atoms with van der Waals surface area (Å²) < 4.78 is 5.47. The van der Waals surface area contributed by atoms with Gasteiger partial charge in [0.2, 0.25) is 0 Å². The number of nitro groups is 1. The molecule has 0 atom stereocenters. The second-order valence-corrected chi connectivity index (χ2v) is 3.54. The summed E-state index contributed by atoms with van der Waals surface area (Å²) in [5.74, 6) is 1.27. The minimum Gasteiger partial charge on any atom is -0.458 e. The fourth-order valence-electron chi connectivity index (χ4n) is 1.69. The molecule has 0 bridgehead atoms. The highest BCUT2D eigenvalue weighted by molar-refractivity contribution is 5.65. The lowest BCUT2D eigenvalue weighted by atomic mass is 10.2. The molecule has 2 rings (SSSR count). The number of rotatable bonds is 2. The van der Waals surface area contributed by atoms with E-state index in [-0.39, 0.29) is 5.69 Å². The molecule has 0 radical (unpaired) electrons. The van der Waals surface area contributed by atoms with Gasteiger partial charge in [0.15, 0.2) is 5.75 Å². The van der Waals surface area contributed by atoms with Gasteiger partial charge in [-0.05, 0) is 19.9 Å². The van der Waals surface area contributed by atoms with E-state index in [2.05, 4.69) is 0 Å². The maximum Gasteiger partial charge on any atom is 0.273 e. The molecule has 1 aliphatic rings. The van der Waals surface area contributed by atoms with E-state index in [1.54, 1.807) is 6.07 Å². The zero-order valence-electron chi connectivity index (χ0n) is 9.14. The summed E-state index contributed by atoms with van der Waals surface area (Å²) in [4.78, 5) is 12.2. The van der Waals surface area contributed by atoms with Crippen LogP contribution >= 0.6 is 0 Å². The van der Waals surface area contributed by atoms with Crippen molar-refractivity contribution in [1.29, 1.82) is 0 Å². The van der Waals surface area contributed by atoms with Gasteiger partial charge in [-0.3, -0.25) is 10.1 Å². The third-order valence-electron chi connectivity index (χ3n) is 2.41. The number of nitro benzene ring substituents is 1. The van der Waals surface area contributed by atoms with E-state index < -0.39 is 4.92 Å². The Hall–Kier alpha value is -2.04. The third-order valence-corrected chi connectivity index (χ3v) is 2.41. The van der Waals surface area contributed by atoms with E-state index >= 15 is 0 Å². The zero-order valence-corrected chi connectivity index (χ0v) is 9.14. The summed E-state index contributed by atoms with van der Waals surface area (Å²) in [6.07, 6.45) is 1.88. The molecule has 0 saturated heterocycles. The Labute approximate surface area is 93.1 Å². The number of non-ortho nitro benzene ring substituents is 1. The average Bonchev–Trinajstić information content (AvgIpc) is 2.26. The normalized spacial score (nSPS) is 13.9. The van der Waals surface area contributed by atoms with Crippen molar-refractivity contribution in [2.75, 3.05) is 11.4 Å². The van der Waals surface area contributed by atoms with Crippen LogP contribution in [-0.2, 0) is 0 Å². The van der Waals surface area contributed by atoms with Gasteiger partial charge in [-0.25, -0.2) is 0 Å². The number of anilines is 1. The number of fused-ring (bicyclic) bond motifs is 1. The second-order valence-electron chi connectivity index (χ2n) is 3.54. The summed E-state index contributed by atoms with van der Waals surface area (Å²) in [5.41, 5.74) is 0.906. The standard InChI is InChI=1S/C11H12N2O3/c1-3-12-7-8(2)16-11-6-9(13(14)15)4-5-10(11)12/h4-7H,3H2,1-2H3. The van der Waals surface area contributed by atoms with Gasteiger partial charge < -0.3 is 9.64 Å². The van der Waals surface area contributed by atoms with Crippen molar-refractivity contribution >= 4 is 11.4 Å². The van der Waals surface area contributed by atoms with E-state index in [1.807, 2.05) is 24.9 Å². The van der Waals surface area contributed by atoms with E-state index in [9.17, 15) is 10.1 Å². The lowest BCUT2D eigenvalue weighted by Gasteiger charge is -2.26. The van der Waals surface area contributed by atoms with Gasteiger partial charge in [0.05, 0.1) is 16.7 Å². The summed E-state index contributed by atoms with van der Waals surface area (Å²) in [6, 6.07) is 4.65. The van der Waals surface area contributed by atoms with E-state index in [1.165, 1.54) is 12.1 Å². The molecule has 1 aromatic carbocycles. The Bertz CT molecular complexity index is 468. The van der Waals surface area contributed by atoms with Crippen LogP contribution in [0.2, 0.25) is 0 Å². The predicted molar refractivity (Wildman–Crippen MR) is 60.5 cm³/mol. The quantitative estimate of drug-likeness (QED) is 0.568. The van der Waals surface area contributed by atoms with Crippen molar-refractivity contribution in [3.63, 3.8) is 0 Å². The molecule has 0 aromatic heterocycles. The van der Waals surface area contributed by atoms with Gasteiger partial charge in [-0.2, -0.15) is 0 Å². The number of allylic oxidation sites excluding steroid dienone is 1. The number of ether oxygens (including phenoxy) is 1. The van der Waals surface area contributed by atoms with Crippen LogP contribution in [0.15, 0.2) is 30.2 Å². The van der Waals surface area contributed by atoms with Gasteiger partial charge in [-0.1, -0.05) is 0 Å². The van der Waals surface area contributed by atoms with Crippen molar-refractivity contribution in [1.82, 2.24) is 0 Å². The molecule has 0 fully saturated rings. The molecular weight excluding hydrogens is 208 g/mol. The molecule has 16 heavy (non-hydrogen) atoms. The van der Waals surface area contributed by atoms with Crippen LogP contribution < -0.4 is 9.64 Å². The molecule has 0 saturated carbocycles. The fraction of sp³-hybridized carbons (Fsp3) is 0.273. The molecule has 1 heterocycles. The van der Waals surface area contributed by atoms with Crippen LogP contribution in [0.1, 0.15) is 13.8 Å². The summed E-state index contributed by atoms with van der Waals surface area (Å²) in [6.45, 7) is 4.64. The van der Waals surface area contributed by atoms with Gasteiger partial charge >= 0.3 is 0 Å². The van der Waals surface area contributed by atoms with Crippen LogP contribution in [-0.4, -0.2) is 11.5 Å². The van der Waals surface area contributed by atoms with Crippen LogP contribution in [0, 0.1) is 10.1 Å². The van der Waals surface area contributed by atoms with E-state index in [0.29, 0.717) is 5.75 Å². The largest absolute Gasteiger partial charge is 0.458 e. The van der Waals surface area contributed by atoms with Gasteiger partial charge in [0.25, 0.3) is 5.69 Å². The molecule has 5 heteroatoms. The van der Waals surface area contributed by atoms with Crippen molar-refractivity contribution in [3.8, 4) is 5.75 Å². The average molecular weight is 220 g/mol. The Kier molecular flexibility index (Phi) is 2.52. The molecular formula is C11H12N2O3. The summed E-state index contributed by atoms with van der Waals surface area (Å²) in [7, 11) is 0. The van der Waals surface area contributed by atoms with Gasteiger partial charge in [0.1, 0.15) is 5.76 Å². The fourth-order valence-corrected chi connectivity index (χ4v) is 1.69. The lowest BCUT2D eigenvalue weighted by Crippen LogP contribution is -2.21. The minimum absolute atomic E-state index is 0.0458. The highest BCUT2D eigenvalue weighted by Gasteiger charge is 2.19. The lowest BCUT2D eigenvalue weighted by molar-refractivity contribution is -0.384. The van der Waals surface area contributed by atoms with Crippen LogP contribution in [0.25, 0.3) is 0 Å². The topological polar surface area (TPSA) is 55.6 Å². The first kappa shape index (κ1) is 10.5. The Balaban J connectivity index is 2.46. The first-order valence-corrected chi connectivity index (χ1v) is 5.03. The van der Waals surface area contributed by atoms with Crippen LogP contribution in [0.3, 0.4) is 0 Å². The minimum atomic E-state index is -0.423. The number of benzene rings is 1. The van der Waals surface area contributed by atoms with Crippen molar-refractivity contribution in [2.24, 2.45) is 0 Å². The molecule has 0 N–H and O–H groups in total. The maximum absolute atomic E-state index is 10.6. The smallest absolute Gasteiger partial charge is 0.273 e. The van der Waals surface area contributed by atoms with E-state index in [4.69, 9.17) is 4.74 Å². The Morgan fingerprint density at radius 1 is 1.50 bits per heavy atom. The predicted octanol–water partition coefficient (Wildman–Crippen LogP) is 2.67. The molecule has 0 unspecified atom stereocenters. The molecule has 1 aromatic rings. The van der Waals surface area contributed by atoms with E-state index in [0.717, 1.165) is 18.0 Å². The SMILES string of the molecule is CCN1C=C(C)Oc2cc([N+](=O)[O-])ccc21. The van der Waals surface area contributed by atoms with Gasteiger partial charge in [0, 0.05) is 18.8 Å². The summed E-state index contributed by atoms with van der Waals surface area (Å²) in [5, 5.41) is 10.6. The van der Waals surface area contributed by atoms with Crippen LogP contribution in [0.4, 0.5) is 11.4 Å². The molecule has 0 amide bonds. The van der Waals surface area contributed by atoms with Crippen LogP contribution in [0.5, 0.6) is 5.75 Å². The second kappa shape index (κ2) is 3.84. The monoisotopic (exact) mass is 220 g/mol. The highest BCUT2D eigenvalue weighted by Crippen LogP contribution is 2.36. The third kappa shape index (κ3) is 1.71. The molecule has 1 aliphatic heterocycles. The molecule has 5 nitrogen and oxygen atoms in total. The molecule has 0 aliphatic carbocycles. The first-order chi connectivity index (χ1) is 7.61. The van der Waals surface area contributed by atoms with Crippen molar-refractivity contribution < 1.29 is 9.66 Å². The Morgan fingerprint density at radius 3 is 2.88 bits per heavy atom. The van der Waals surface area contributed by atoms with Crippen molar-refractivity contribution in [3.05, 3.63) is 40.3 Å². The summed E-state index contributed by atoms with van der Waals surface area (Å²) >= 11 is 0. The number of nitrogens with zero attached hydrogens (tertiary/aromatic N) is 2. The first-order valence-electron chi connectivity index (χ1n) is 5.03. The highest BCUT2D eigenvalue weighted by atomic mass is 16.6. The van der Waals surface area contributed by atoms with Crippen molar-refractivity contribution in [2.45, 2.75) is 13.8 Å². The number of hydrogen-bond acceptors (Lipinski definition) is 4.